The van der Waals surface area contributed by atoms with Gasteiger partial charge in [0.05, 0.1) is 6.04 Å². The van der Waals surface area contributed by atoms with Crippen molar-refractivity contribution in [2.75, 3.05) is 34.8 Å². The van der Waals surface area contributed by atoms with E-state index in [1.54, 1.807) is 6.92 Å². The number of fused-ring (bicyclic) bond motifs is 4. The molecule has 1 N–H and O–H groups in total. The van der Waals surface area contributed by atoms with Crippen LogP contribution in [0.4, 0.5) is 17.1 Å². The van der Waals surface area contributed by atoms with Crippen molar-refractivity contribution in [3.8, 4) is 0 Å². The summed E-state index contributed by atoms with van der Waals surface area (Å²) in [6.07, 6.45) is 1.26. The minimum absolute atomic E-state index is 0.0314. The maximum Gasteiger partial charge on any atom is 0.221 e. The monoisotopic (exact) mass is 377 g/mol. The van der Waals surface area contributed by atoms with E-state index < -0.39 is 0 Å². The normalized spacial score (nSPS) is 23.4. The first-order valence-electron chi connectivity index (χ1n) is 10.3. The van der Waals surface area contributed by atoms with Crippen LogP contribution >= 0.6 is 0 Å². The third-order valence-corrected chi connectivity index (χ3v) is 6.34. The van der Waals surface area contributed by atoms with Crippen molar-refractivity contribution in [2.45, 2.75) is 40.2 Å². The first-order chi connectivity index (χ1) is 13.3. The molecule has 3 heterocycles. The van der Waals surface area contributed by atoms with Crippen LogP contribution in [0.1, 0.15) is 32.8 Å². The van der Waals surface area contributed by atoms with Gasteiger partial charge in [-0.25, -0.2) is 0 Å². The van der Waals surface area contributed by atoms with Crippen LogP contribution in [0.25, 0.3) is 0 Å². The zero-order valence-electron chi connectivity index (χ0n) is 17.4. The average molecular weight is 378 g/mol. The summed E-state index contributed by atoms with van der Waals surface area (Å²) in [4.78, 5) is 16.5. The van der Waals surface area contributed by atoms with Crippen molar-refractivity contribution < 1.29 is 4.79 Å². The van der Waals surface area contributed by atoms with Gasteiger partial charge in [-0.05, 0) is 61.1 Å². The second kappa shape index (κ2) is 7.16. The number of hydrogen-bond donors (Lipinski definition) is 1. The van der Waals surface area contributed by atoms with Crippen LogP contribution in [-0.2, 0) is 4.79 Å². The molecule has 148 valence electrons. The Hall–Kier alpha value is -2.49. The van der Waals surface area contributed by atoms with Crippen LogP contribution in [0.15, 0.2) is 48.5 Å². The number of rotatable bonds is 3. The molecule has 0 spiro atoms. The van der Waals surface area contributed by atoms with E-state index in [4.69, 9.17) is 0 Å². The number of amides is 1. The van der Waals surface area contributed by atoms with E-state index in [9.17, 15) is 4.79 Å². The zero-order chi connectivity index (χ0) is 19.9. The van der Waals surface area contributed by atoms with Crippen LogP contribution in [0.5, 0.6) is 0 Å². The molecule has 0 saturated carbocycles. The van der Waals surface area contributed by atoms with Crippen molar-refractivity contribution in [3.05, 3.63) is 54.1 Å². The number of nitrogens with one attached hydrogen (secondary N) is 1. The number of hydrogen-bond acceptors (Lipinski definition) is 3. The molecule has 28 heavy (non-hydrogen) atoms. The summed E-state index contributed by atoms with van der Waals surface area (Å²) in [7, 11) is 0. The summed E-state index contributed by atoms with van der Waals surface area (Å²) in [6, 6.07) is 17.8. The third kappa shape index (κ3) is 3.73. The Morgan fingerprint density at radius 3 is 2.25 bits per heavy atom. The maximum absolute atomic E-state index is 11.3. The Labute approximate surface area is 168 Å². The van der Waals surface area contributed by atoms with E-state index in [0.29, 0.717) is 12.0 Å². The van der Waals surface area contributed by atoms with Crippen LogP contribution in [0.3, 0.4) is 0 Å². The van der Waals surface area contributed by atoms with Crippen molar-refractivity contribution in [3.63, 3.8) is 0 Å². The van der Waals surface area contributed by atoms with Gasteiger partial charge in [-0.1, -0.05) is 31.5 Å². The van der Waals surface area contributed by atoms with E-state index in [-0.39, 0.29) is 11.3 Å². The highest BCUT2D eigenvalue weighted by Gasteiger charge is 2.45. The number of piperidine rings is 1. The molecule has 3 aliphatic heterocycles. The Balaban J connectivity index is 1.60. The summed E-state index contributed by atoms with van der Waals surface area (Å²) in [5, 5.41) is 2.86. The van der Waals surface area contributed by atoms with Gasteiger partial charge in [0.15, 0.2) is 0 Å². The number of carbonyl (C=O) groups excluding carboxylic acids is 1. The van der Waals surface area contributed by atoms with Crippen LogP contribution < -0.4 is 15.1 Å². The van der Waals surface area contributed by atoms with Gasteiger partial charge in [0.1, 0.15) is 0 Å². The molecule has 0 aliphatic carbocycles. The quantitative estimate of drug-likeness (QED) is 0.842. The summed E-state index contributed by atoms with van der Waals surface area (Å²) < 4.78 is 0. The molecule has 0 unspecified atom stereocenters. The standard InChI is InChI=1S/C24H31N3O/c1-17-5-9-22(10-6-17)27-15-19-13-24(3,4)23(27)16-26(14-19)21-11-7-20(8-12-21)25-18(2)28/h5-12,19,23H,13-16H2,1-4H3,(H,25,28)/t19-,23-/m1/s1. The molecule has 3 fully saturated rings. The van der Waals surface area contributed by atoms with Crippen molar-refractivity contribution in [1.29, 1.82) is 0 Å². The van der Waals surface area contributed by atoms with Gasteiger partial charge in [-0.15, -0.1) is 0 Å². The number of benzene rings is 2. The largest absolute Gasteiger partial charge is 0.369 e. The molecule has 4 nitrogen and oxygen atoms in total. The predicted octanol–water partition coefficient (Wildman–Crippen LogP) is 4.69. The van der Waals surface area contributed by atoms with Crippen LogP contribution in [-0.4, -0.2) is 31.6 Å². The topological polar surface area (TPSA) is 35.6 Å². The lowest BCUT2D eigenvalue weighted by atomic mass is 9.73. The lowest BCUT2D eigenvalue weighted by molar-refractivity contribution is -0.114. The molecular formula is C24H31N3O. The van der Waals surface area contributed by atoms with Gasteiger partial charge in [-0.3, -0.25) is 4.79 Å². The Morgan fingerprint density at radius 2 is 1.61 bits per heavy atom. The van der Waals surface area contributed by atoms with Gasteiger partial charge in [0, 0.05) is 43.6 Å². The summed E-state index contributed by atoms with van der Waals surface area (Å²) >= 11 is 0. The van der Waals surface area contributed by atoms with E-state index in [0.717, 1.165) is 25.3 Å². The smallest absolute Gasteiger partial charge is 0.221 e. The fraction of sp³-hybridized carbons (Fsp3) is 0.458. The fourth-order valence-corrected chi connectivity index (χ4v) is 5.03. The van der Waals surface area contributed by atoms with Crippen LogP contribution in [0, 0.1) is 18.3 Å². The van der Waals surface area contributed by atoms with Gasteiger partial charge in [-0.2, -0.15) is 0 Å². The maximum atomic E-state index is 11.3. The molecule has 5 rings (SSSR count). The predicted molar refractivity (Wildman–Crippen MR) is 117 cm³/mol. The van der Waals surface area contributed by atoms with Gasteiger partial charge < -0.3 is 15.1 Å². The molecule has 0 aromatic heterocycles. The summed E-state index contributed by atoms with van der Waals surface area (Å²) in [6.45, 7) is 11.8. The number of anilines is 3. The Morgan fingerprint density at radius 1 is 0.964 bits per heavy atom. The molecule has 0 radical (unpaired) electrons. The number of nitrogens with zero attached hydrogens (tertiary/aromatic N) is 2. The zero-order valence-corrected chi connectivity index (χ0v) is 17.4. The molecular weight excluding hydrogens is 346 g/mol. The Kier molecular flexibility index (Phi) is 4.82. The highest BCUT2D eigenvalue weighted by atomic mass is 16.1. The molecule has 2 aromatic rings. The van der Waals surface area contributed by atoms with E-state index in [1.165, 1.54) is 23.4 Å². The molecule has 2 bridgehead atoms. The van der Waals surface area contributed by atoms with Gasteiger partial charge in [0.25, 0.3) is 0 Å². The number of aryl methyl sites for hydroxylation is 1. The Bertz CT molecular complexity index is 841. The summed E-state index contributed by atoms with van der Waals surface area (Å²) in [5.74, 6) is 0.612. The second-order valence-corrected chi connectivity index (χ2v) is 9.20. The second-order valence-electron chi connectivity index (χ2n) is 9.20. The summed E-state index contributed by atoms with van der Waals surface area (Å²) in [5.41, 5.74) is 5.03. The highest BCUT2D eigenvalue weighted by Crippen LogP contribution is 2.44. The molecule has 3 saturated heterocycles. The van der Waals surface area contributed by atoms with Crippen molar-refractivity contribution in [1.82, 2.24) is 0 Å². The van der Waals surface area contributed by atoms with E-state index in [2.05, 4.69) is 72.3 Å². The average Bonchev–Trinajstić information content (AvgIpc) is 2.89. The lowest BCUT2D eigenvalue weighted by Crippen LogP contribution is -2.53. The number of carbonyl (C=O) groups is 1. The van der Waals surface area contributed by atoms with E-state index >= 15 is 0 Å². The molecule has 2 atom stereocenters. The fourth-order valence-electron chi connectivity index (χ4n) is 5.03. The molecule has 3 aliphatic rings. The molecule has 1 amide bonds. The van der Waals surface area contributed by atoms with Gasteiger partial charge in [0.2, 0.25) is 5.91 Å². The lowest BCUT2D eigenvalue weighted by Gasteiger charge is -2.48. The first kappa shape index (κ1) is 18.9. The molecule has 2 aromatic carbocycles. The minimum atomic E-state index is -0.0314. The van der Waals surface area contributed by atoms with Gasteiger partial charge >= 0.3 is 0 Å². The van der Waals surface area contributed by atoms with Crippen molar-refractivity contribution in [2.24, 2.45) is 11.3 Å². The van der Waals surface area contributed by atoms with Crippen LogP contribution in [0.2, 0.25) is 0 Å². The minimum Gasteiger partial charge on any atom is -0.369 e. The highest BCUT2D eigenvalue weighted by molar-refractivity contribution is 5.88. The third-order valence-electron chi connectivity index (χ3n) is 6.34. The van der Waals surface area contributed by atoms with E-state index in [1.807, 2.05) is 12.1 Å². The molecule has 4 heteroatoms. The first-order valence-corrected chi connectivity index (χ1v) is 10.3. The SMILES string of the molecule is CC(=O)Nc1ccc(N2C[C@@H]3CN(c4ccc(C)cc4)[C@H](C2)C(C)(C)C3)cc1. The van der Waals surface area contributed by atoms with Crippen molar-refractivity contribution >= 4 is 23.0 Å².